The van der Waals surface area contributed by atoms with Gasteiger partial charge in [-0.15, -0.1) is 0 Å². The first-order valence-electron chi connectivity index (χ1n) is 3.73. The molecule has 2 unspecified atom stereocenters. The molecule has 1 fully saturated rings. The monoisotopic (exact) mass is 178 g/mol. The summed E-state index contributed by atoms with van der Waals surface area (Å²) in [5.41, 5.74) is 0. The van der Waals surface area contributed by atoms with E-state index in [0.29, 0.717) is 6.54 Å². The highest BCUT2D eigenvalue weighted by Crippen LogP contribution is 2.11. The third-order valence-corrected chi connectivity index (χ3v) is 2.11. The van der Waals surface area contributed by atoms with Crippen LogP contribution < -0.4 is 4.72 Å². The van der Waals surface area contributed by atoms with Crippen molar-refractivity contribution in [3.63, 3.8) is 0 Å². The average Bonchev–Trinajstić information content (AvgIpc) is 2.03. The molecule has 1 saturated heterocycles. The van der Waals surface area contributed by atoms with E-state index in [0.717, 1.165) is 25.9 Å². The third kappa shape index (κ3) is 3.81. The molecule has 11 heavy (non-hydrogen) atoms. The molecule has 2 atom stereocenters. The molecule has 0 aromatic carbocycles. The minimum Gasteiger partial charge on any atom is -0.760 e. The van der Waals surface area contributed by atoms with Crippen molar-refractivity contribution < 1.29 is 13.5 Å². The van der Waals surface area contributed by atoms with Gasteiger partial charge in [0.2, 0.25) is 0 Å². The Morgan fingerprint density at radius 2 is 2.45 bits per heavy atom. The number of ether oxygens (including phenoxy) is 1. The zero-order valence-corrected chi connectivity index (χ0v) is 7.06. The predicted molar refractivity (Wildman–Crippen MR) is 40.5 cm³/mol. The molecule has 0 bridgehead atoms. The summed E-state index contributed by atoms with van der Waals surface area (Å²) in [6, 6.07) is 0. The van der Waals surface area contributed by atoms with Gasteiger partial charge < -0.3 is 9.29 Å². The minimum absolute atomic E-state index is 0.0849. The minimum atomic E-state index is -2.15. The molecule has 1 aliphatic heterocycles. The van der Waals surface area contributed by atoms with Crippen LogP contribution in [0.5, 0.6) is 0 Å². The maximum Gasteiger partial charge on any atom is 0.0709 e. The Balaban J connectivity index is 2.09. The average molecular weight is 178 g/mol. The molecule has 1 rings (SSSR count). The SMILES string of the molecule is O=S([O-])NCC1CCCCO1. The molecule has 0 aromatic heterocycles. The fourth-order valence-corrected chi connectivity index (χ4v) is 1.45. The predicted octanol–water partition coefficient (Wildman–Crippen LogP) is -0.0608. The maximum atomic E-state index is 10.1. The summed E-state index contributed by atoms with van der Waals surface area (Å²) >= 11 is -2.15. The quantitative estimate of drug-likeness (QED) is 0.616. The van der Waals surface area contributed by atoms with Crippen molar-refractivity contribution in [1.29, 1.82) is 0 Å². The molecule has 1 aliphatic rings. The van der Waals surface area contributed by atoms with Gasteiger partial charge in [0.25, 0.3) is 0 Å². The molecule has 0 radical (unpaired) electrons. The Kier molecular flexibility index (Phi) is 3.99. The number of hydrogen-bond acceptors (Lipinski definition) is 3. The van der Waals surface area contributed by atoms with Gasteiger partial charge in [-0.2, -0.15) is 0 Å². The van der Waals surface area contributed by atoms with Crippen molar-refractivity contribution in [3.05, 3.63) is 0 Å². The molecule has 5 heteroatoms. The fraction of sp³-hybridized carbons (Fsp3) is 1.00. The van der Waals surface area contributed by atoms with E-state index in [2.05, 4.69) is 4.72 Å². The van der Waals surface area contributed by atoms with Crippen LogP contribution in [0.15, 0.2) is 0 Å². The zero-order valence-electron chi connectivity index (χ0n) is 6.25. The number of rotatable bonds is 3. The lowest BCUT2D eigenvalue weighted by molar-refractivity contribution is 0.0199. The maximum absolute atomic E-state index is 10.1. The molecule has 0 aromatic rings. The Bertz CT molecular complexity index is 136. The molecule has 1 N–H and O–H groups in total. The van der Waals surface area contributed by atoms with Gasteiger partial charge in [-0.3, -0.25) is 4.21 Å². The van der Waals surface area contributed by atoms with E-state index in [-0.39, 0.29) is 6.10 Å². The van der Waals surface area contributed by atoms with Gasteiger partial charge in [-0.25, -0.2) is 4.72 Å². The molecule has 0 amide bonds. The lowest BCUT2D eigenvalue weighted by Gasteiger charge is -2.23. The van der Waals surface area contributed by atoms with Crippen LogP contribution in [0.2, 0.25) is 0 Å². The van der Waals surface area contributed by atoms with Crippen molar-refractivity contribution in [2.24, 2.45) is 0 Å². The van der Waals surface area contributed by atoms with Crippen molar-refractivity contribution in [2.75, 3.05) is 13.2 Å². The Labute approximate surface area is 68.7 Å². The second-order valence-corrected chi connectivity index (χ2v) is 3.33. The normalized spacial score (nSPS) is 28.3. The van der Waals surface area contributed by atoms with Gasteiger partial charge in [-0.1, -0.05) is 0 Å². The third-order valence-electron chi connectivity index (χ3n) is 1.70. The van der Waals surface area contributed by atoms with Gasteiger partial charge >= 0.3 is 0 Å². The molecule has 0 saturated carbocycles. The second kappa shape index (κ2) is 4.82. The molecule has 0 aliphatic carbocycles. The topological polar surface area (TPSA) is 61.4 Å². The van der Waals surface area contributed by atoms with Gasteiger partial charge in [0.1, 0.15) is 0 Å². The van der Waals surface area contributed by atoms with Gasteiger partial charge in [0, 0.05) is 24.4 Å². The van der Waals surface area contributed by atoms with Gasteiger partial charge in [0.15, 0.2) is 0 Å². The zero-order chi connectivity index (χ0) is 8.10. The van der Waals surface area contributed by atoms with E-state index < -0.39 is 11.3 Å². The van der Waals surface area contributed by atoms with Crippen LogP contribution in [0, 0.1) is 0 Å². The van der Waals surface area contributed by atoms with E-state index in [4.69, 9.17) is 4.74 Å². The van der Waals surface area contributed by atoms with Crippen molar-refractivity contribution in [2.45, 2.75) is 25.4 Å². The summed E-state index contributed by atoms with van der Waals surface area (Å²) in [6.45, 7) is 1.17. The molecule has 4 nitrogen and oxygen atoms in total. The van der Waals surface area contributed by atoms with Crippen LogP contribution in [0.25, 0.3) is 0 Å². The molecule has 1 heterocycles. The van der Waals surface area contributed by atoms with Crippen LogP contribution in [0.4, 0.5) is 0 Å². The van der Waals surface area contributed by atoms with E-state index >= 15 is 0 Å². The van der Waals surface area contributed by atoms with Crippen LogP contribution in [-0.2, 0) is 16.0 Å². The first-order chi connectivity index (χ1) is 5.29. The molecular weight excluding hydrogens is 166 g/mol. The smallest absolute Gasteiger partial charge is 0.0709 e. The molecule has 66 valence electrons. The molecule has 0 spiro atoms. The van der Waals surface area contributed by atoms with Crippen molar-refractivity contribution in [3.8, 4) is 0 Å². The first-order valence-corrected chi connectivity index (χ1v) is 4.81. The van der Waals surface area contributed by atoms with Crippen LogP contribution >= 0.6 is 0 Å². The summed E-state index contributed by atoms with van der Waals surface area (Å²) in [7, 11) is 0. The second-order valence-electron chi connectivity index (χ2n) is 2.57. The van der Waals surface area contributed by atoms with Crippen molar-refractivity contribution in [1.82, 2.24) is 4.72 Å². The lowest BCUT2D eigenvalue weighted by Crippen LogP contribution is -2.32. The van der Waals surface area contributed by atoms with Crippen molar-refractivity contribution >= 4 is 11.3 Å². The fourth-order valence-electron chi connectivity index (χ4n) is 1.13. The number of hydrogen-bond donors (Lipinski definition) is 1. The van der Waals surface area contributed by atoms with E-state index in [1.54, 1.807) is 0 Å². The van der Waals surface area contributed by atoms with Gasteiger partial charge in [0.05, 0.1) is 6.10 Å². The summed E-state index contributed by atoms with van der Waals surface area (Å²) in [5, 5.41) is 0. The lowest BCUT2D eigenvalue weighted by atomic mass is 10.1. The molecular formula is C6H12NO3S-. The summed E-state index contributed by atoms with van der Waals surface area (Å²) in [6.07, 6.45) is 3.28. The highest BCUT2D eigenvalue weighted by Gasteiger charge is 2.12. The van der Waals surface area contributed by atoms with Crippen LogP contribution in [0.3, 0.4) is 0 Å². The summed E-state index contributed by atoms with van der Waals surface area (Å²) < 4.78 is 27.7. The summed E-state index contributed by atoms with van der Waals surface area (Å²) in [4.78, 5) is 0. The van der Waals surface area contributed by atoms with E-state index in [1.165, 1.54) is 0 Å². The standard InChI is InChI=1S/C6H13NO3S/c8-11(9)7-5-6-3-1-2-4-10-6/h6-7H,1-5H2,(H,8,9)/p-1. The van der Waals surface area contributed by atoms with Crippen LogP contribution in [-0.4, -0.2) is 28.0 Å². The summed E-state index contributed by atoms with van der Waals surface area (Å²) in [5.74, 6) is 0. The Morgan fingerprint density at radius 1 is 1.64 bits per heavy atom. The van der Waals surface area contributed by atoms with Crippen LogP contribution in [0.1, 0.15) is 19.3 Å². The number of nitrogens with one attached hydrogen (secondary N) is 1. The Morgan fingerprint density at radius 3 is 3.00 bits per heavy atom. The van der Waals surface area contributed by atoms with E-state index in [9.17, 15) is 8.76 Å². The largest absolute Gasteiger partial charge is 0.760 e. The first kappa shape index (κ1) is 9.12. The highest BCUT2D eigenvalue weighted by atomic mass is 32.2. The van der Waals surface area contributed by atoms with E-state index in [1.807, 2.05) is 0 Å². The van der Waals surface area contributed by atoms with Gasteiger partial charge in [-0.05, 0) is 19.3 Å². The Hall–Kier alpha value is 0.0300. The highest BCUT2D eigenvalue weighted by molar-refractivity contribution is 7.77.